The summed E-state index contributed by atoms with van der Waals surface area (Å²) in [5.41, 5.74) is 0.460. The molecule has 2 N–H and O–H groups in total. The number of carbonyl (C=O) groups excluding carboxylic acids is 1. The molecule has 1 aromatic rings. The second kappa shape index (κ2) is 5.98. The molecule has 1 saturated heterocycles. The van der Waals surface area contributed by atoms with Crippen molar-refractivity contribution in [1.29, 1.82) is 0 Å². The number of amides is 1. The Labute approximate surface area is 119 Å². The van der Waals surface area contributed by atoms with Gasteiger partial charge in [-0.3, -0.25) is 4.79 Å². The lowest BCUT2D eigenvalue weighted by Gasteiger charge is -2.38. The normalized spacial score (nSPS) is 16.8. The molecule has 6 heteroatoms. The molecule has 1 heterocycles. The zero-order valence-electron chi connectivity index (χ0n) is 10.6. The largest absolute Gasteiger partial charge is 0.363 e. The molecule has 1 amide bonds. The van der Waals surface area contributed by atoms with Crippen molar-refractivity contribution in [1.82, 2.24) is 10.6 Å². The summed E-state index contributed by atoms with van der Waals surface area (Å²) in [4.78, 5) is 11.6. The molecule has 1 fully saturated rings. The molecule has 0 aromatic heterocycles. The number of rotatable bonds is 5. The van der Waals surface area contributed by atoms with Crippen molar-refractivity contribution < 1.29 is 13.9 Å². The highest BCUT2D eigenvalue weighted by molar-refractivity contribution is 9.10. The van der Waals surface area contributed by atoms with Crippen LogP contribution in [-0.2, 0) is 16.1 Å². The van der Waals surface area contributed by atoms with Crippen LogP contribution in [-0.4, -0.2) is 31.2 Å². The molecule has 0 atom stereocenters. The lowest BCUT2D eigenvalue weighted by atomic mass is 10.0. The molecule has 1 aliphatic rings. The van der Waals surface area contributed by atoms with E-state index in [1.54, 1.807) is 6.07 Å². The summed E-state index contributed by atoms with van der Waals surface area (Å²) in [5.74, 6) is -0.527. The number of halogens is 2. The maximum absolute atomic E-state index is 13.1. The number of nitrogens with one attached hydrogen (secondary N) is 2. The van der Waals surface area contributed by atoms with Gasteiger partial charge in [0.25, 0.3) is 0 Å². The zero-order chi connectivity index (χ0) is 13.9. The maximum Gasteiger partial charge on any atom is 0.246 e. The van der Waals surface area contributed by atoms with Crippen molar-refractivity contribution >= 4 is 21.8 Å². The van der Waals surface area contributed by atoms with Gasteiger partial charge in [-0.15, -0.1) is 0 Å². The summed E-state index contributed by atoms with van der Waals surface area (Å²) in [6, 6.07) is 4.37. The predicted molar refractivity (Wildman–Crippen MR) is 73.2 cm³/mol. The summed E-state index contributed by atoms with van der Waals surface area (Å²) < 4.78 is 19.3. The highest BCUT2D eigenvalue weighted by Gasteiger charge is 2.32. The van der Waals surface area contributed by atoms with Crippen LogP contribution in [0.4, 0.5) is 4.39 Å². The van der Waals surface area contributed by atoms with Crippen molar-refractivity contribution in [2.45, 2.75) is 19.1 Å². The van der Waals surface area contributed by atoms with E-state index in [1.165, 1.54) is 12.1 Å². The molecule has 0 aliphatic carbocycles. The number of carbonyl (C=O) groups is 1. The zero-order valence-corrected chi connectivity index (χ0v) is 12.2. The van der Waals surface area contributed by atoms with Crippen LogP contribution in [0.5, 0.6) is 0 Å². The highest BCUT2D eigenvalue weighted by Crippen LogP contribution is 2.18. The Kier molecular flexibility index (Phi) is 4.54. The van der Waals surface area contributed by atoms with E-state index < -0.39 is 0 Å². The highest BCUT2D eigenvalue weighted by atomic mass is 79.9. The van der Waals surface area contributed by atoms with Gasteiger partial charge in [-0.1, -0.05) is 15.9 Å². The van der Waals surface area contributed by atoms with E-state index in [1.807, 2.05) is 6.92 Å². The quantitative estimate of drug-likeness (QED) is 0.861. The molecule has 0 bridgehead atoms. The third-order valence-corrected chi connectivity index (χ3v) is 3.81. The SMILES string of the molecule is CC1(OCC(=O)NCc2cc(F)ccc2Br)CNC1. The van der Waals surface area contributed by atoms with Gasteiger partial charge in [0.15, 0.2) is 0 Å². The topological polar surface area (TPSA) is 50.4 Å². The Hall–Kier alpha value is -0.980. The van der Waals surface area contributed by atoms with Gasteiger partial charge in [-0.25, -0.2) is 4.39 Å². The number of ether oxygens (including phenoxy) is 1. The van der Waals surface area contributed by atoms with E-state index in [4.69, 9.17) is 4.74 Å². The summed E-state index contributed by atoms with van der Waals surface area (Å²) in [7, 11) is 0. The molecule has 2 rings (SSSR count). The van der Waals surface area contributed by atoms with Gasteiger partial charge in [0.05, 0.1) is 5.60 Å². The Bertz CT molecular complexity index is 478. The molecule has 0 saturated carbocycles. The molecule has 1 aliphatic heterocycles. The van der Waals surface area contributed by atoms with Gasteiger partial charge in [-0.2, -0.15) is 0 Å². The van der Waals surface area contributed by atoms with Crippen molar-refractivity contribution in [3.63, 3.8) is 0 Å². The Morgan fingerprint density at radius 2 is 2.32 bits per heavy atom. The summed E-state index contributed by atoms with van der Waals surface area (Å²) >= 11 is 3.31. The first-order valence-electron chi connectivity index (χ1n) is 6.04. The Balaban J connectivity index is 1.78. The van der Waals surface area contributed by atoms with E-state index in [0.717, 1.165) is 17.6 Å². The van der Waals surface area contributed by atoms with Gasteiger partial charge >= 0.3 is 0 Å². The minimum Gasteiger partial charge on any atom is -0.363 e. The van der Waals surface area contributed by atoms with E-state index in [9.17, 15) is 9.18 Å². The molecule has 4 nitrogen and oxygen atoms in total. The predicted octanol–water partition coefficient (Wildman–Crippen LogP) is 1.58. The maximum atomic E-state index is 13.1. The van der Waals surface area contributed by atoms with Gasteiger partial charge in [0.1, 0.15) is 12.4 Å². The fraction of sp³-hybridized carbons (Fsp3) is 0.462. The van der Waals surface area contributed by atoms with Crippen molar-refractivity contribution in [2.24, 2.45) is 0 Å². The van der Waals surface area contributed by atoms with Crippen molar-refractivity contribution in [3.05, 3.63) is 34.1 Å². The van der Waals surface area contributed by atoms with Crippen LogP contribution >= 0.6 is 15.9 Å². The van der Waals surface area contributed by atoms with E-state index in [2.05, 4.69) is 26.6 Å². The van der Waals surface area contributed by atoms with Gasteiger partial charge in [-0.05, 0) is 30.7 Å². The fourth-order valence-corrected chi connectivity index (χ4v) is 2.13. The number of hydrogen-bond acceptors (Lipinski definition) is 3. The molecular formula is C13H16BrFN2O2. The third kappa shape index (κ3) is 3.99. The first-order chi connectivity index (χ1) is 8.98. The standard InChI is InChI=1S/C13H16BrFN2O2/c1-13(7-16-8-13)19-6-12(18)17-5-9-4-10(15)2-3-11(9)14/h2-4,16H,5-8H2,1H3,(H,17,18). The molecule has 0 unspecified atom stereocenters. The molecular weight excluding hydrogens is 315 g/mol. The number of benzene rings is 1. The first kappa shape index (κ1) is 14.4. The monoisotopic (exact) mass is 330 g/mol. The van der Waals surface area contributed by atoms with Gasteiger partial charge in [0.2, 0.25) is 5.91 Å². The molecule has 1 aromatic carbocycles. The van der Waals surface area contributed by atoms with Gasteiger partial charge < -0.3 is 15.4 Å². The minimum atomic E-state index is -0.322. The molecule has 19 heavy (non-hydrogen) atoms. The summed E-state index contributed by atoms with van der Waals surface area (Å²) in [6.07, 6.45) is 0. The van der Waals surface area contributed by atoms with Crippen LogP contribution < -0.4 is 10.6 Å². The minimum absolute atomic E-state index is 0.0190. The van der Waals surface area contributed by atoms with Crippen LogP contribution in [0, 0.1) is 5.82 Å². The van der Waals surface area contributed by atoms with Crippen LogP contribution in [0.25, 0.3) is 0 Å². The average Bonchev–Trinajstić information content (AvgIpc) is 2.35. The molecule has 0 radical (unpaired) electrons. The molecule has 0 spiro atoms. The van der Waals surface area contributed by atoms with Gasteiger partial charge in [0, 0.05) is 24.1 Å². The second-order valence-electron chi connectivity index (χ2n) is 4.85. The van der Waals surface area contributed by atoms with Crippen molar-refractivity contribution in [2.75, 3.05) is 19.7 Å². The lowest BCUT2D eigenvalue weighted by Crippen LogP contribution is -2.59. The lowest BCUT2D eigenvalue weighted by molar-refractivity contribution is -0.136. The van der Waals surface area contributed by atoms with E-state index >= 15 is 0 Å². The van der Waals surface area contributed by atoms with E-state index in [0.29, 0.717) is 5.56 Å². The smallest absolute Gasteiger partial charge is 0.246 e. The first-order valence-corrected chi connectivity index (χ1v) is 6.83. The summed E-state index contributed by atoms with van der Waals surface area (Å²) in [5, 5.41) is 5.80. The molecule has 104 valence electrons. The van der Waals surface area contributed by atoms with Crippen LogP contribution in [0.1, 0.15) is 12.5 Å². The fourth-order valence-electron chi connectivity index (χ4n) is 1.74. The van der Waals surface area contributed by atoms with Crippen LogP contribution in [0.3, 0.4) is 0 Å². The second-order valence-corrected chi connectivity index (χ2v) is 5.71. The van der Waals surface area contributed by atoms with Crippen LogP contribution in [0.2, 0.25) is 0 Å². The Morgan fingerprint density at radius 3 is 2.95 bits per heavy atom. The van der Waals surface area contributed by atoms with Crippen molar-refractivity contribution in [3.8, 4) is 0 Å². The van der Waals surface area contributed by atoms with E-state index in [-0.39, 0.29) is 30.5 Å². The Morgan fingerprint density at radius 1 is 1.58 bits per heavy atom. The average molecular weight is 331 g/mol. The summed E-state index contributed by atoms with van der Waals surface area (Å²) in [6.45, 7) is 3.77. The number of hydrogen-bond donors (Lipinski definition) is 2. The van der Waals surface area contributed by atoms with Crippen LogP contribution in [0.15, 0.2) is 22.7 Å². The third-order valence-electron chi connectivity index (χ3n) is 3.03.